The molecule has 1 amide bonds. The van der Waals surface area contributed by atoms with Gasteiger partial charge < -0.3 is 5.32 Å². The van der Waals surface area contributed by atoms with Crippen LogP contribution in [-0.4, -0.2) is 15.5 Å². The Bertz CT molecular complexity index is 1090. The number of carbonyl (C=O) groups is 1. The van der Waals surface area contributed by atoms with Crippen LogP contribution in [0.2, 0.25) is 5.02 Å². The van der Waals surface area contributed by atoms with Crippen LogP contribution in [0.5, 0.6) is 0 Å². The van der Waals surface area contributed by atoms with Gasteiger partial charge in [0.2, 0.25) is 0 Å². The Hall–Kier alpha value is -2.25. The van der Waals surface area contributed by atoms with Crippen LogP contribution in [0, 0.1) is 12.7 Å². The van der Waals surface area contributed by atoms with Gasteiger partial charge in [-0.2, -0.15) is 0 Å². The minimum Gasteiger partial charge on any atom is -0.348 e. The molecule has 8 heteroatoms. The number of nitrogens with zero attached hydrogens (tertiary/aromatic N) is 2. The normalized spacial score (nSPS) is 14.0. The number of rotatable bonds is 4. The second-order valence-electron chi connectivity index (χ2n) is 6.32. The third-order valence-electron chi connectivity index (χ3n) is 4.42. The van der Waals surface area contributed by atoms with Crippen molar-refractivity contribution < 1.29 is 9.18 Å². The van der Waals surface area contributed by atoms with Crippen LogP contribution < -0.4 is 10.9 Å². The molecular weight excluding hydrogens is 377 g/mol. The van der Waals surface area contributed by atoms with Gasteiger partial charge in [0.25, 0.3) is 11.5 Å². The van der Waals surface area contributed by atoms with Gasteiger partial charge in [-0.25, -0.2) is 9.37 Å². The molecular formula is C18H15ClFN3O2S. The van der Waals surface area contributed by atoms with Gasteiger partial charge in [0.05, 0.1) is 11.9 Å². The van der Waals surface area contributed by atoms with Crippen LogP contribution in [0.3, 0.4) is 0 Å². The number of fused-ring (bicyclic) bond motifs is 1. The number of halogens is 2. The summed E-state index contributed by atoms with van der Waals surface area (Å²) in [5.74, 6) is -0.758. The van der Waals surface area contributed by atoms with E-state index in [4.69, 9.17) is 11.6 Å². The van der Waals surface area contributed by atoms with Gasteiger partial charge in [-0.05, 0) is 37.5 Å². The highest BCUT2D eigenvalue weighted by molar-refractivity contribution is 7.19. The first-order chi connectivity index (χ1) is 12.5. The summed E-state index contributed by atoms with van der Waals surface area (Å²) in [5.41, 5.74) is 1.36. The number of carbonyl (C=O) groups excluding carboxylic acids is 1. The molecule has 2 heterocycles. The van der Waals surface area contributed by atoms with Crippen LogP contribution in [0.15, 0.2) is 29.3 Å². The maximum atomic E-state index is 13.1. The molecule has 134 valence electrons. The minimum absolute atomic E-state index is 0.0915. The lowest BCUT2D eigenvalue weighted by Crippen LogP contribution is -2.24. The van der Waals surface area contributed by atoms with E-state index in [0.717, 1.165) is 17.7 Å². The highest BCUT2D eigenvalue weighted by Crippen LogP contribution is 2.34. The summed E-state index contributed by atoms with van der Waals surface area (Å²) in [5, 5.41) is 3.03. The molecule has 1 aliphatic carbocycles. The van der Waals surface area contributed by atoms with E-state index in [2.05, 4.69) is 10.3 Å². The number of aryl methyl sites for hydroxylation is 1. The summed E-state index contributed by atoms with van der Waals surface area (Å²) < 4.78 is 15.3. The van der Waals surface area contributed by atoms with Crippen molar-refractivity contribution in [3.8, 4) is 0 Å². The fourth-order valence-corrected chi connectivity index (χ4v) is 4.18. The molecule has 2 aromatic heterocycles. The number of amides is 1. The zero-order valence-electron chi connectivity index (χ0n) is 13.9. The molecule has 4 rings (SSSR count). The molecule has 0 radical (unpaired) electrons. The predicted molar refractivity (Wildman–Crippen MR) is 99.5 cm³/mol. The average molecular weight is 392 g/mol. The molecule has 1 aromatic carbocycles. The monoisotopic (exact) mass is 391 g/mol. The third kappa shape index (κ3) is 3.01. The van der Waals surface area contributed by atoms with Gasteiger partial charge in [0.15, 0.2) is 0 Å². The molecule has 26 heavy (non-hydrogen) atoms. The Labute approximate surface area is 157 Å². The van der Waals surface area contributed by atoms with Crippen molar-refractivity contribution in [1.82, 2.24) is 14.9 Å². The Balaban J connectivity index is 1.63. The summed E-state index contributed by atoms with van der Waals surface area (Å²) in [4.78, 5) is 30.4. The molecule has 1 aliphatic rings. The maximum absolute atomic E-state index is 13.1. The van der Waals surface area contributed by atoms with E-state index >= 15 is 0 Å². The molecule has 5 nitrogen and oxygen atoms in total. The first-order valence-corrected chi connectivity index (χ1v) is 9.37. The molecule has 0 atom stereocenters. The van der Waals surface area contributed by atoms with E-state index in [1.165, 1.54) is 35.9 Å². The molecule has 0 aliphatic heterocycles. The van der Waals surface area contributed by atoms with Crippen molar-refractivity contribution in [2.45, 2.75) is 32.4 Å². The van der Waals surface area contributed by atoms with Crippen molar-refractivity contribution >= 4 is 39.1 Å². The van der Waals surface area contributed by atoms with Crippen LogP contribution >= 0.6 is 22.9 Å². The largest absolute Gasteiger partial charge is 0.348 e. The van der Waals surface area contributed by atoms with Crippen LogP contribution in [0.25, 0.3) is 10.2 Å². The van der Waals surface area contributed by atoms with Gasteiger partial charge in [-0.3, -0.25) is 14.2 Å². The first kappa shape index (κ1) is 17.2. The fourth-order valence-electron chi connectivity index (χ4n) is 2.90. The Morgan fingerprint density at radius 2 is 2.23 bits per heavy atom. The number of hydrogen-bond acceptors (Lipinski definition) is 4. The molecule has 1 fully saturated rings. The lowest BCUT2D eigenvalue weighted by molar-refractivity contribution is 0.0952. The third-order valence-corrected chi connectivity index (χ3v) is 5.86. The molecule has 3 aromatic rings. The second-order valence-corrected chi connectivity index (χ2v) is 7.95. The molecule has 0 spiro atoms. The van der Waals surface area contributed by atoms with E-state index in [1.807, 2.05) is 0 Å². The first-order valence-electron chi connectivity index (χ1n) is 8.18. The Morgan fingerprint density at radius 3 is 2.92 bits per heavy atom. The Morgan fingerprint density at radius 1 is 1.46 bits per heavy atom. The van der Waals surface area contributed by atoms with Gasteiger partial charge in [0, 0.05) is 22.5 Å². The highest BCUT2D eigenvalue weighted by atomic mass is 35.5. The van der Waals surface area contributed by atoms with Crippen molar-refractivity contribution in [3.05, 3.63) is 61.7 Å². The molecule has 0 saturated heterocycles. The SMILES string of the molecule is Cc1sc2c(=O)n(C3CC3)cnc2c1C(=O)NCc1ccc(F)cc1Cl. The molecule has 0 unspecified atom stereocenters. The van der Waals surface area contributed by atoms with E-state index in [0.29, 0.717) is 21.3 Å². The summed E-state index contributed by atoms with van der Waals surface area (Å²) in [6.07, 6.45) is 3.51. The summed E-state index contributed by atoms with van der Waals surface area (Å²) >= 11 is 7.28. The van der Waals surface area contributed by atoms with Gasteiger partial charge in [0.1, 0.15) is 16.0 Å². The standard InChI is InChI=1S/C18H15ClFN3O2S/c1-9-14(17(24)21-7-10-2-3-11(20)6-13(10)19)15-16(26-9)18(25)23(8-22-15)12-4-5-12/h2-3,6,8,12H,4-5,7H2,1H3,(H,21,24). The minimum atomic E-state index is -0.430. The van der Waals surface area contributed by atoms with E-state index in [9.17, 15) is 14.0 Å². The van der Waals surface area contributed by atoms with Crippen LogP contribution in [0.4, 0.5) is 4.39 Å². The summed E-state index contributed by atoms with van der Waals surface area (Å²) in [7, 11) is 0. The van der Waals surface area contributed by atoms with Crippen molar-refractivity contribution in [2.24, 2.45) is 0 Å². The lowest BCUT2D eigenvalue weighted by atomic mass is 10.2. The van der Waals surface area contributed by atoms with Crippen molar-refractivity contribution in [1.29, 1.82) is 0 Å². The smallest absolute Gasteiger partial charge is 0.271 e. The lowest BCUT2D eigenvalue weighted by Gasteiger charge is -2.08. The zero-order chi connectivity index (χ0) is 18.4. The molecule has 1 saturated carbocycles. The predicted octanol–water partition coefficient (Wildman–Crippen LogP) is 3.82. The van der Waals surface area contributed by atoms with E-state index in [1.54, 1.807) is 11.5 Å². The van der Waals surface area contributed by atoms with Gasteiger partial charge >= 0.3 is 0 Å². The number of benzene rings is 1. The van der Waals surface area contributed by atoms with Gasteiger partial charge in [-0.15, -0.1) is 11.3 Å². The summed E-state index contributed by atoms with van der Waals surface area (Å²) in [6.45, 7) is 1.96. The molecule has 0 bridgehead atoms. The van der Waals surface area contributed by atoms with Gasteiger partial charge in [-0.1, -0.05) is 17.7 Å². The summed E-state index contributed by atoms with van der Waals surface area (Å²) in [6, 6.07) is 4.26. The number of hydrogen-bond donors (Lipinski definition) is 1. The van der Waals surface area contributed by atoms with Crippen molar-refractivity contribution in [2.75, 3.05) is 0 Å². The van der Waals surface area contributed by atoms with Crippen LogP contribution in [0.1, 0.15) is 39.7 Å². The number of aromatic nitrogens is 2. The van der Waals surface area contributed by atoms with E-state index < -0.39 is 5.82 Å². The second kappa shape index (κ2) is 6.48. The maximum Gasteiger partial charge on any atom is 0.271 e. The average Bonchev–Trinajstić information content (AvgIpc) is 3.36. The molecule has 1 N–H and O–H groups in total. The fraction of sp³-hybridized carbons (Fsp3) is 0.278. The zero-order valence-corrected chi connectivity index (χ0v) is 15.5. The van der Waals surface area contributed by atoms with E-state index in [-0.39, 0.29) is 29.1 Å². The van der Waals surface area contributed by atoms with Crippen molar-refractivity contribution in [3.63, 3.8) is 0 Å². The Kier molecular flexibility index (Phi) is 4.28. The van der Waals surface area contributed by atoms with Crippen LogP contribution in [-0.2, 0) is 6.54 Å². The quantitative estimate of drug-likeness (QED) is 0.735. The highest BCUT2D eigenvalue weighted by Gasteiger charge is 2.27. The number of nitrogens with one attached hydrogen (secondary N) is 1. The number of thiophene rings is 1. The topological polar surface area (TPSA) is 64.0 Å².